The first-order valence-corrected chi connectivity index (χ1v) is 11.5. The fourth-order valence-electron chi connectivity index (χ4n) is 4.17. The van der Waals surface area contributed by atoms with Gasteiger partial charge in [0.25, 0.3) is 5.89 Å². The molecule has 0 spiro atoms. The average molecular weight is 479 g/mol. The third-order valence-corrected chi connectivity index (χ3v) is 6.14. The van der Waals surface area contributed by atoms with Crippen LogP contribution in [0.4, 0.5) is 4.79 Å². The highest BCUT2D eigenvalue weighted by atomic mass is 16.5. The maximum absolute atomic E-state index is 13.0. The van der Waals surface area contributed by atoms with Crippen LogP contribution in [-0.4, -0.2) is 53.5 Å². The van der Waals surface area contributed by atoms with Gasteiger partial charge in [-0.15, -0.1) is 0 Å². The molecule has 35 heavy (non-hydrogen) atoms. The van der Waals surface area contributed by atoms with Crippen molar-refractivity contribution >= 4 is 11.6 Å². The van der Waals surface area contributed by atoms with Crippen LogP contribution in [0.3, 0.4) is 0 Å². The maximum Gasteiger partial charge on any atom is 0.322 e. The van der Waals surface area contributed by atoms with E-state index in [1.54, 1.807) is 30.2 Å². The van der Waals surface area contributed by atoms with Crippen LogP contribution in [0.25, 0.3) is 17.0 Å². The molecule has 0 aliphatic carbocycles. The zero-order chi connectivity index (χ0) is 24.9. The van der Waals surface area contributed by atoms with Crippen LogP contribution in [0.1, 0.15) is 43.3 Å². The molecular weight excluding hydrogens is 448 g/mol. The zero-order valence-corrected chi connectivity index (χ0v) is 20.4. The van der Waals surface area contributed by atoms with Crippen molar-refractivity contribution in [1.29, 1.82) is 0 Å². The minimum atomic E-state index is -0.603. The van der Waals surface area contributed by atoms with E-state index in [1.807, 2.05) is 31.2 Å². The number of benzene rings is 2. The van der Waals surface area contributed by atoms with Crippen LogP contribution in [0.5, 0.6) is 11.5 Å². The van der Waals surface area contributed by atoms with Crippen LogP contribution in [-0.2, 0) is 11.2 Å². The van der Waals surface area contributed by atoms with Crippen LogP contribution < -0.4 is 10.1 Å². The first-order valence-electron chi connectivity index (χ1n) is 11.5. The van der Waals surface area contributed by atoms with E-state index >= 15 is 0 Å². The number of carbonyl (C=O) groups excluding carboxylic acids is 1. The Morgan fingerprint density at radius 1 is 1.17 bits per heavy atom. The third-order valence-electron chi connectivity index (χ3n) is 6.14. The number of ether oxygens (including phenoxy) is 2. The van der Waals surface area contributed by atoms with Crippen molar-refractivity contribution in [2.45, 2.75) is 32.7 Å². The fraction of sp³-hybridized carbons (Fsp3) is 0.346. The number of aromatic hydroxyl groups is 1. The predicted octanol–water partition coefficient (Wildman–Crippen LogP) is 4.55. The smallest absolute Gasteiger partial charge is 0.322 e. The number of amides is 2. The van der Waals surface area contributed by atoms with Gasteiger partial charge in [-0.1, -0.05) is 42.4 Å². The molecule has 184 valence electrons. The van der Waals surface area contributed by atoms with E-state index in [0.717, 1.165) is 12.0 Å². The number of methoxy groups -OCH3 is 2. The molecule has 2 aromatic carbocycles. The lowest BCUT2D eigenvalue weighted by Crippen LogP contribution is -2.46. The molecular formula is C26H30N4O5. The zero-order valence-electron chi connectivity index (χ0n) is 20.4. The molecule has 3 aromatic rings. The molecule has 9 nitrogen and oxygen atoms in total. The number of aromatic nitrogens is 2. The summed E-state index contributed by atoms with van der Waals surface area (Å²) in [6.07, 6.45) is 1.61. The summed E-state index contributed by atoms with van der Waals surface area (Å²) < 4.78 is 16.0. The van der Waals surface area contributed by atoms with Gasteiger partial charge in [0.2, 0.25) is 5.82 Å². The number of urea groups is 1. The van der Waals surface area contributed by atoms with Gasteiger partial charge in [-0.3, -0.25) is 4.90 Å². The van der Waals surface area contributed by atoms with Crippen molar-refractivity contribution < 1.29 is 23.9 Å². The normalized spacial score (nSPS) is 15.9. The van der Waals surface area contributed by atoms with Gasteiger partial charge in [0, 0.05) is 31.5 Å². The molecule has 2 N–H and O–H groups in total. The molecule has 0 saturated heterocycles. The summed E-state index contributed by atoms with van der Waals surface area (Å²) in [4.78, 5) is 19.4. The van der Waals surface area contributed by atoms with Gasteiger partial charge in [0.1, 0.15) is 0 Å². The topological polar surface area (TPSA) is 110 Å². The van der Waals surface area contributed by atoms with Crippen molar-refractivity contribution in [3.8, 4) is 22.9 Å². The van der Waals surface area contributed by atoms with Crippen molar-refractivity contribution in [3.05, 3.63) is 65.2 Å². The molecule has 0 bridgehead atoms. The van der Waals surface area contributed by atoms with Gasteiger partial charge in [0.05, 0.1) is 18.7 Å². The lowest BCUT2D eigenvalue weighted by molar-refractivity contribution is 0.174. The summed E-state index contributed by atoms with van der Waals surface area (Å²) in [5.41, 5.74) is 4.08. The molecule has 2 heterocycles. The number of rotatable bonds is 9. The molecule has 0 radical (unpaired) electrons. The number of carbonyl (C=O) groups is 1. The Morgan fingerprint density at radius 3 is 2.60 bits per heavy atom. The minimum Gasteiger partial charge on any atom is -0.504 e. The SMILES string of the molecule is CCc1ccc(-c2noc(C3=C(C)N(CCCOC)C(=O)NC3c3ccc(OC)c(O)c3)n2)cc1. The summed E-state index contributed by atoms with van der Waals surface area (Å²) in [6.45, 7) is 4.95. The lowest BCUT2D eigenvalue weighted by atomic mass is 9.94. The summed E-state index contributed by atoms with van der Waals surface area (Å²) in [7, 11) is 3.11. The average Bonchev–Trinajstić information content (AvgIpc) is 3.35. The number of nitrogens with zero attached hydrogens (tertiary/aromatic N) is 3. The predicted molar refractivity (Wildman–Crippen MR) is 131 cm³/mol. The Labute approximate surface area is 204 Å². The Kier molecular flexibility index (Phi) is 7.36. The Bertz CT molecular complexity index is 1220. The van der Waals surface area contributed by atoms with Crippen LogP contribution >= 0.6 is 0 Å². The molecule has 9 heteroatoms. The summed E-state index contributed by atoms with van der Waals surface area (Å²) in [5, 5.41) is 17.6. The largest absolute Gasteiger partial charge is 0.504 e. The number of hydrogen-bond acceptors (Lipinski definition) is 7. The van der Waals surface area contributed by atoms with Crippen LogP contribution in [0.2, 0.25) is 0 Å². The number of hydrogen-bond donors (Lipinski definition) is 2. The minimum absolute atomic E-state index is 0.0268. The monoisotopic (exact) mass is 478 g/mol. The lowest BCUT2D eigenvalue weighted by Gasteiger charge is -2.35. The van der Waals surface area contributed by atoms with E-state index < -0.39 is 6.04 Å². The number of phenolic OH excluding ortho intramolecular Hbond substituents is 1. The Balaban J connectivity index is 1.76. The van der Waals surface area contributed by atoms with Gasteiger partial charge in [-0.25, -0.2) is 4.79 Å². The van der Waals surface area contributed by atoms with Crippen molar-refractivity contribution in [2.24, 2.45) is 0 Å². The summed E-state index contributed by atoms with van der Waals surface area (Å²) in [5.74, 6) is 1.08. The second-order valence-corrected chi connectivity index (χ2v) is 8.28. The highest BCUT2D eigenvalue weighted by Crippen LogP contribution is 2.39. The Morgan fingerprint density at radius 2 is 1.94 bits per heavy atom. The number of allylic oxidation sites excluding steroid dienone is 1. The second-order valence-electron chi connectivity index (χ2n) is 8.28. The summed E-state index contributed by atoms with van der Waals surface area (Å²) in [6, 6.07) is 12.2. The molecule has 1 aromatic heterocycles. The molecule has 2 amide bonds. The Hall–Kier alpha value is -3.85. The molecule has 1 unspecified atom stereocenters. The van der Waals surface area contributed by atoms with Crippen molar-refractivity contribution in [1.82, 2.24) is 20.4 Å². The first kappa shape index (κ1) is 24.3. The maximum atomic E-state index is 13.0. The molecule has 1 aliphatic rings. The fourth-order valence-corrected chi connectivity index (χ4v) is 4.17. The molecule has 0 fully saturated rings. The molecule has 1 aliphatic heterocycles. The number of aryl methyl sites for hydroxylation is 1. The van der Waals surface area contributed by atoms with E-state index in [9.17, 15) is 9.90 Å². The van der Waals surface area contributed by atoms with Crippen LogP contribution in [0, 0.1) is 0 Å². The molecule has 1 atom stereocenters. The van der Waals surface area contributed by atoms with Gasteiger partial charge in [-0.2, -0.15) is 4.98 Å². The second kappa shape index (κ2) is 10.6. The van der Waals surface area contributed by atoms with E-state index in [1.165, 1.54) is 12.7 Å². The van der Waals surface area contributed by atoms with E-state index in [0.29, 0.717) is 53.9 Å². The molecule has 4 rings (SSSR count). The van der Waals surface area contributed by atoms with Gasteiger partial charge in [0.15, 0.2) is 11.5 Å². The van der Waals surface area contributed by atoms with Crippen molar-refractivity contribution in [2.75, 3.05) is 27.4 Å². The number of phenols is 1. The van der Waals surface area contributed by atoms with Gasteiger partial charge in [-0.05, 0) is 43.0 Å². The standard InChI is InChI=1S/C26H30N4O5/c1-5-17-7-9-18(10-8-17)24-28-25(35-29-24)22-16(2)30(13-6-14-33-3)26(32)27-23(22)19-11-12-21(34-4)20(31)15-19/h7-12,15,23,31H,5-6,13-14H2,1-4H3,(H,27,32). The van der Waals surface area contributed by atoms with E-state index in [-0.39, 0.29) is 11.8 Å². The van der Waals surface area contributed by atoms with Gasteiger partial charge >= 0.3 is 6.03 Å². The van der Waals surface area contributed by atoms with E-state index in [4.69, 9.17) is 14.0 Å². The highest BCUT2D eigenvalue weighted by molar-refractivity contribution is 5.87. The van der Waals surface area contributed by atoms with Crippen LogP contribution in [0.15, 0.2) is 52.7 Å². The van der Waals surface area contributed by atoms with E-state index in [2.05, 4.69) is 22.4 Å². The first-order chi connectivity index (χ1) is 17.0. The van der Waals surface area contributed by atoms with Crippen molar-refractivity contribution in [3.63, 3.8) is 0 Å². The number of nitrogens with one attached hydrogen (secondary N) is 1. The highest BCUT2D eigenvalue weighted by Gasteiger charge is 2.36. The summed E-state index contributed by atoms with van der Waals surface area (Å²) >= 11 is 0. The third kappa shape index (κ3) is 5.00. The van der Waals surface area contributed by atoms with Gasteiger partial charge < -0.3 is 24.4 Å². The quantitative estimate of drug-likeness (QED) is 0.434. The molecule has 0 saturated carbocycles.